The second-order valence-electron chi connectivity index (χ2n) is 6.74. The summed E-state index contributed by atoms with van der Waals surface area (Å²) < 4.78 is 42.2. The van der Waals surface area contributed by atoms with Crippen molar-refractivity contribution in [2.24, 2.45) is 7.05 Å². The summed E-state index contributed by atoms with van der Waals surface area (Å²) in [7, 11) is 1.91. The Morgan fingerprint density at radius 3 is 2.50 bits per heavy atom. The number of aromatic nitrogens is 6. The quantitative estimate of drug-likeness (QED) is 0.580. The summed E-state index contributed by atoms with van der Waals surface area (Å²) in [6.45, 7) is 5.80. The first-order valence-electron chi connectivity index (χ1n) is 8.63. The average molecular weight is 389 g/mol. The molecule has 1 N–H and O–H groups in total. The lowest BCUT2D eigenvalue weighted by Gasteiger charge is -2.12. The van der Waals surface area contributed by atoms with Crippen LogP contribution in [0.15, 0.2) is 18.2 Å². The molecule has 0 saturated heterocycles. The van der Waals surface area contributed by atoms with Gasteiger partial charge in [-0.25, -0.2) is 4.98 Å². The van der Waals surface area contributed by atoms with Crippen molar-refractivity contribution in [3.8, 4) is 0 Å². The highest BCUT2D eigenvalue weighted by molar-refractivity contribution is 5.79. The largest absolute Gasteiger partial charge is 0.453 e. The van der Waals surface area contributed by atoms with E-state index in [9.17, 15) is 13.2 Å². The SMILES string of the molecule is Cc1c(NCc2nc3cccc(C)c3n2C)nn2c(C(F)(F)F)nnc2c1C. The van der Waals surface area contributed by atoms with E-state index in [4.69, 9.17) is 0 Å². The summed E-state index contributed by atoms with van der Waals surface area (Å²) >= 11 is 0. The Morgan fingerprint density at radius 2 is 1.82 bits per heavy atom. The van der Waals surface area contributed by atoms with Crippen LogP contribution in [0.1, 0.15) is 28.3 Å². The van der Waals surface area contributed by atoms with Gasteiger partial charge in [0.15, 0.2) is 11.5 Å². The van der Waals surface area contributed by atoms with Crippen LogP contribution in [-0.2, 0) is 19.8 Å². The fraction of sp³-hybridized carbons (Fsp3) is 0.333. The zero-order valence-corrected chi connectivity index (χ0v) is 15.8. The maximum atomic E-state index is 13.2. The third-order valence-electron chi connectivity index (χ3n) is 4.95. The Labute approximate surface area is 158 Å². The minimum atomic E-state index is -4.64. The molecule has 0 spiro atoms. The van der Waals surface area contributed by atoms with Crippen LogP contribution in [0.25, 0.3) is 16.7 Å². The molecule has 0 atom stereocenters. The number of hydrogen-bond acceptors (Lipinski definition) is 5. The maximum absolute atomic E-state index is 13.2. The Bertz CT molecular complexity index is 1200. The number of anilines is 1. The highest BCUT2D eigenvalue weighted by Crippen LogP contribution is 2.30. The van der Waals surface area contributed by atoms with Gasteiger partial charge in [0.05, 0.1) is 17.6 Å². The van der Waals surface area contributed by atoms with E-state index in [0.29, 0.717) is 23.5 Å². The molecule has 0 fully saturated rings. The molecule has 0 saturated carbocycles. The average Bonchev–Trinajstić information content (AvgIpc) is 3.19. The van der Waals surface area contributed by atoms with E-state index in [0.717, 1.165) is 26.9 Å². The molecule has 3 heterocycles. The highest BCUT2D eigenvalue weighted by Gasteiger charge is 2.38. The van der Waals surface area contributed by atoms with Gasteiger partial charge in [-0.1, -0.05) is 12.1 Å². The fourth-order valence-corrected chi connectivity index (χ4v) is 3.31. The summed E-state index contributed by atoms with van der Waals surface area (Å²) in [6, 6.07) is 5.88. The molecule has 4 rings (SSSR count). The van der Waals surface area contributed by atoms with Crippen molar-refractivity contribution in [1.29, 1.82) is 0 Å². The van der Waals surface area contributed by atoms with Crippen molar-refractivity contribution in [3.63, 3.8) is 0 Å². The molecule has 0 aliphatic rings. The Balaban J connectivity index is 1.73. The number of nitrogens with one attached hydrogen (secondary N) is 1. The lowest BCUT2D eigenvalue weighted by atomic mass is 10.2. The van der Waals surface area contributed by atoms with Gasteiger partial charge in [0.25, 0.3) is 5.82 Å². The normalized spacial score (nSPS) is 12.2. The standard InChI is InChI=1S/C18H18F3N7/c1-9-6-5-7-12-14(9)27(4)13(23-12)8-22-15-10(2)11(3)16-24-25-17(18(19,20)21)28(16)26-15/h5-7H,8H2,1-4H3,(H,22,26). The van der Waals surface area contributed by atoms with Crippen LogP contribution < -0.4 is 5.32 Å². The smallest absolute Gasteiger partial charge is 0.361 e. The minimum absolute atomic E-state index is 0.0914. The molecule has 146 valence electrons. The first-order chi connectivity index (χ1) is 13.2. The van der Waals surface area contributed by atoms with E-state index in [2.05, 4.69) is 25.6 Å². The van der Waals surface area contributed by atoms with Gasteiger partial charge in [0, 0.05) is 12.6 Å². The summed E-state index contributed by atoms with van der Waals surface area (Å²) in [4.78, 5) is 4.61. The number of rotatable bonds is 3. The number of aryl methyl sites for hydroxylation is 3. The van der Waals surface area contributed by atoms with E-state index in [-0.39, 0.29) is 5.65 Å². The molecule has 28 heavy (non-hydrogen) atoms. The first kappa shape index (κ1) is 18.2. The van der Waals surface area contributed by atoms with Gasteiger partial charge >= 0.3 is 6.18 Å². The molecule has 0 amide bonds. The Morgan fingerprint density at radius 1 is 1.07 bits per heavy atom. The third-order valence-corrected chi connectivity index (χ3v) is 4.95. The number of benzene rings is 1. The molecule has 0 unspecified atom stereocenters. The first-order valence-corrected chi connectivity index (χ1v) is 8.63. The monoisotopic (exact) mass is 389 g/mol. The molecule has 7 nitrogen and oxygen atoms in total. The topological polar surface area (TPSA) is 72.9 Å². The van der Waals surface area contributed by atoms with Gasteiger partial charge in [0.1, 0.15) is 5.82 Å². The van der Waals surface area contributed by atoms with Crippen molar-refractivity contribution in [2.45, 2.75) is 33.5 Å². The zero-order chi connectivity index (χ0) is 20.2. The van der Waals surface area contributed by atoms with Crippen molar-refractivity contribution in [2.75, 3.05) is 5.32 Å². The Kier molecular flexibility index (Phi) is 4.02. The number of imidazole rings is 1. The lowest BCUT2D eigenvalue weighted by Crippen LogP contribution is -2.15. The summed E-state index contributed by atoms with van der Waals surface area (Å²) in [5, 5.41) is 14.1. The fourth-order valence-electron chi connectivity index (χ4n) is 3.31. The number of halogens is 3. The van der Waals surface area contributed by atoms with Gasteiger partial charge in [-0.15, -0.1) is 15.3 Å². The lowest BCUT2D eigenvalue weighted by molar-refractivity contribution is -0.146. The Hall–Kier alpha value is -3.17. The van der Waals surface area contributed by atoms with E-state index in [1.54, 1.807) is 13.8 Å². The number of alkyl halides is 3. The van der Waals surface area contributed by atoms with Crippen LogP contribution in [0.5, 0.6) is 0 Å². The zero-order valence-electron chi connectivity index (χ0n) is 15.8. The molecule has 10 heteroatoms. The second-order valence-corrected chi connectivity index (χ2v) is 6.74. The number of para-hydroxylation sites is 1. The van der Waals surface area contributed by atoms with Crippen molar-refractivity contribution < 1.29 is 13.2 Å². The number of fused-ring (bicyclic) bond motifs is 2. The van der Waals surface area contributed by atoms with Crippen LogP contribution in [-0.4, -0.2) is 29.4 Å². The van der Waals surface area contributed by atoms with Crippen LogP contribution >= 0.6 is 0 Å². The predicted octanol–water partition coefficient (Wildman–Crippen LogP) is 3.57. The molecule has 3 aromatic heterocycles. The summed E-state index contributed by atoms with van der Waals surface area (Å²) in [5.41, 5.74) is 4.38. The summed E-state index contributed by atoms with van der Waals surface area (Å²) in [6.07, 6.45) is -4.64. The molecule has 0 bridgehead atoms. The van der Waals surface area contributed by atoms with Crippen molar-refractivity contribution in [3.05, 3.63) is 46.5 Å². The second kappa shape index (κ2) is 6.18. The van der Waals surface area contributed by atoms with E-state index < -0.39 is 12.0 Å². The molecular weight excluding hydrogens is 371 g/mol. The van der Waals surface area contributed by atoms with Gasteiger partial charge in [-0.2, -0.15) is 17.7 Å². The maximum Gasteiger partial charge on any atom is 0.453 e. The van der Waals surface area contributed by atoms with Crippen LogP contribution in [0, 0.1) is 20.8 Å². The van der Waals surface area contributed by atoms with E-state index >= 15 is 0 Å². The van der Waals surface area contributed by atoms with Gasteiger partial charge in [-0.05, 0) is 38.0 Å². The van der Waals surface area contributed by atoms with E-state index in [1.807, 2.05) is 36.7 Å². The highest BCUT2D eigenvalue weighted by atomic mass is 19.4. The summed E-state index contributed by atoms with van der Waals surface area (Å²) in [5.74, 6) is -0.0610. The van der Waals surface area contributed by atoms with E-state index in [1.165, 1.54) is 0 Å². The van der Waals surface area contributed by atoms with Gasteiger partial charge in [-0.3, -0.25) is 0 Å². The molecule has 0 radical (unpaired) electrons. The molecule has 4 aromatic rings. The molecular formula is C18H18F3N7. The number of hydrogen-bond donors (Lipinski definition) is 1. The third kappa shape index (κ3) is 2.76. The molecule has 1 aromatic carbocycles. The molecule has 0 aliphatic heterocycles. The van der Waals surface area contributed by atoms with Gasteiger partial charge in [0.2, 0.25) is 0 Å². The predicted molar refractivity (Wildman–Crippen MR) is 98.0 cm³/mol. The molecule has 0 aliphatic carbocycles. The number of nitrogens with zero attached hydrogens (tertiary/aromatic N) is 6. The van der Waals surface area contributed by atoms with Crippen LogP contribution in [0.3, 0.4) is 0 Å². The van der Waals surface area contributed by atoms with Crippen molar-refractivity contribution >= 4 is 22.5 Å². The van der Waals surface area contributed by atoms with Crippen LogP contribution in [0.4, 0.5) is 19.0 Å². The van der Waals surface area contributed by atoms with Gasteiger partial charge < -0.3 is 9.88 Å². The van der Waals surface area contributed by atoms with Crippen LogP contribution in [0.2, 0.25) is 0 Å². The van der Waals surface area contributed by atoms with Crippen molar-refractivity contribution in [1.82, 2.24) is 29.4 Å². The minimum Gasteiger partial charge on any atom is -0.361 e.